The number of hydrogen-bond donors (Lipinski definition) is 0. The molecule has 1 aromatic rings. The standard InChI is InChI=1S/C8H6BrF3INO/c1-4-5(3-9)6(13)2-7(14-4)15-8(10,11)12/h2H,3H2,1H3. The van der Waals surface area contributed by atoms with Crippen LogP contribution in [0.25, 0.3) is 0 Å². The van der Waals surface area contributed by atoms with Gasteiger partial charge in [0, 0.05) is 20.7 Å². The van der Waals surface area contributed by atoms with Crippen molar-refractivity contribution in [2.45, 2.75) is 18.6 Å². The number of hydrogen-bond acceptors (Lipinski definition) is 2. The SMILES string of the molecule is Cc1nc(OC(F)(F)F)cc(I)c1CBr. The predicted molar refractivity (Wildman–Crippen MR) is 61.0 cm³/mol. The van der Waals surface area contributed by atoms with Gasteiger partial charge in [0.2, 0.25) is 5.88 Å². The highest BCUT2D eigenvalue weighted by Gasteiger charge is 2.32. The van der Waals surface area contributed by atoms with Gasteiger partial charge in [0.1, 0.15) is 0 Å². The van der Waals surface area contributed by atoms with Crippen molar-refractivity contribution in [2.75, 3.05) is 0 Å². The minimum atomic E-state index is -4.70. The van der Waals surface area contributed by atoms with Crippen LogP contribution in [0.1, 0.15) is 11.3 Å². The second kappa shape index (κ2) is 4.86. The molecule has 0 aromatic carbocycles. The van der Waals surface area contributed by atoms with Gasteiger partial charge in [0.15, 0.2) is 0 Å². The molecule has 1 rings (SSSR count). The molecule has 84 valence electrons. The summed E-state index contributed by atoms with van der Waals surface area (Å²) >= 11 is 5.18. The van der Waals surface area contributed by atoms with Crippen molar-refractivity contribution < 1.29 is 17.9 Å². The maximum Gasteiger partial charge on any atom is 0.574 e. The molecule has 15 heavy (non-hydrogen) atoms. The summed E-state index contributed by atoms with van der Waals surface area (Å²) in [5.41, 5.74) is 1.39. The van der Waals surface area contributed by atoms with Crippen LogP contribution >= 0.6 is 38.5 Å². The van der Waals surface area contributed by atoms with E-state index in [1.807, 2.05) is 22.6 Å². The quantitative estimate of drug-likeness (QED) is 0.561. The van der Waals surface area contributed by atoms with Gasteiger partial charge in [-0.3, -0.25) is 0 Å². The zero-order valence-corrected chi connectivity index (χ0v) is 11.3. The number of aryl methyl sites for hydroxylation is 1. The van der Waals surface area contributed by atoms with E-state index >= 15 is 0 Å². The van der Waals surface area contributed by atoms with Crippen molar-refractivity contribution in [1.82, 2.24) is 4.98 Å². The highest BCUT2D eigenvalue weighted by atomic mass is 127. The lowest BCUT2D eigenvalue weighted by Crippen LogP contribution is -2.18. The fourth-order valence-electron chi connectivity index (χ4n) is 0.965. The van der Waals surface area contributed by atoms with Crippen LogP contribution in [0.2, 0.25) is 0 Å². The summed E-state index contributed by atoms with van der Waals surface area (Å²) in [5, 5.41) is 0.552. The zero-order valence-electron chi connectivity index (χ0n) is 7.53. The molecule has 1 heterocycles. The maximum atomic E-state index is 11.9. The van der Waals surface area contributed by atoms with Crippen molar-refractivity contribution >= 4 is 38.5 Å². The molecule has 0 aliphatic rings. The van der Waals surface area contributed by atoms with Crippen LogP contribution in [0.3, 0.4) is 0 Å². The zero-order chi connectivity index (χ0) is 11.6. The first-order chi connectivity index (χ1) is 6.83. The van der Waals surface area contributed by atoms with Gasteiger partial charge in [-0.05, 0) is 35.1 Å². The third kappa shape index (κ3) is 3.78. The Morgan fingerprint density at radius 2 is 2.13 bits per heavy atom. The lowest BCUT2D eigenvalue weighted by Gasteiger charge is -2.11. The van der Waals surface area contributed by atoms with Crippen molar-refractivity contribution in [3.63, 3.8) is 0 Å². The number of aromatic nitrogens is 1. The van der Waals surface area contributed by atoms with Gasteiger partial charge in [-0.15, -0.1) is 13.2 Å². The molecule has 2 nitrogen and oxygen atoms in total. The molecule has 0 bridgehead atoms. The van der Waals surface area contributed by atoms with E-state index in [9.17, 15) is 13.2 Å². The van der Waals surface area contributed by atoms with Crippen molar-refractivity contribution in [3.05, 3.63) is 20.9 Å². The summed E-state index contributed by atoms with van der Waals surface area (Å²) in [6.07, 6.45) is -4.70. The second-order valence-corrected chi connectivity index (χ2v) is 4.41. The Kier molecular flexibility index (Phi) is 4.21. The first kappa shape index (κ1) is 13.0. The van der Waals surface area contributed by atoms with E-state index in [0.717, 1.165) is 5.56 Å². The van der Waals surface area contributed by atoms with Crippen LogP contribution in [0, 0.1) is 10.5 Å². The third-order valence-electron chi connectivity index (χ3n) is 1.61. The summed E-state index contributed by atoms with van der Waals surface area (Å²) in [4.78, 5) is 3.71. The fourth-order valence-corrected chi connectivity index (χ4v) is 3.04. The molecule has 0 spiro atoms. The van der Waals surface area contributed by atoms with Gasteiger partial charge in [0.05, 0.1) is 0 Å². The van der Waals surface area contributed by atoms with Crippen LogP contribution in [0.15, 0.2) is 6.07 Å². The average Bonchev–Trinajstić information content (AvgIpc) is 1.99. The van der Waals surface area contributed by atoms with Gasteiger partial charge in [-0.1, -0.05) is 15.9 Å². The van der Waals surface area contributed by atoms with Gasteiger partial charge >= 0.3 is 6.36 Å². The molecular formula is C8H6BrF3INO. The molecule has 7 heteroatoms. The van der Waals surface area contributed by atoms with Gasteiger partial charge in [-0.2, -0.15) is 0 Å². The van der Waals surface area contributed by atoms with E-state index in [1.165, 1.54) is 6.07 Å². The maximum absolute atomic E-state index is 11.9. The molecule has 0 saturated carbocycles. The van der Waals surface area contributed by atoms with Gasteiger partial charge < -0.3 is 4.74 Å². The number of pyridine rings is 1. The first-order valence-corrected chi connectivity index (χ1v) is 6.01. The monoisotopic (exact) mass is 395 g/mol. The largest absolute Gasteiger partial charge is 0.574 e. The summed E-state index contributed by atoms with van der Waals surface area (Å²) in [6, 6.07) is 1.26. The highest BCUT2D eigenvalue weighted by molar-refractivity contribution is 14.1. The highest BCUT2D eigenvalue weighted by Crippen LogP contribution is 2.26. The molecule has 0 fully saturated rings. The van der Waals surface area contributed by atoms with Crippen molar-refractivity contribution in [1.29, 1.82) is 0 Å². The third-order valence-corrected chi connectivity index (χ3v) is 3.13. The Hall–Kier alpha value is -0.0500. The summed E-state index contributed by atoms with van der Waals surface area (Å²) in [6.45, 7) is 1.64. The van der Waals surface area contributed by atoms with Crippen molar-refractivity contribution in [2.24, 2.45) is 0 Å². The number of rotatable bonds is 2. The summed E-state index contributed by atoms with van der Waals surface area (Å²) < 4.78 is 40.2. The Bertz CT molecular complexity index is 346. The Balaban J connectivity index is 3.04. The van der Waals surface area contributed by atoms with Gasteiger partial charge in [0.25, 0.3) is 0 Å². The van der Waals surface area contributed by atoms with Crippen LogP contribution in [-0.2, 0) is 5.33 Å². The van der Waals surface area contributed by atoms with Crippen LogP contribution in [0.5, 0.6) is 5.88 Å². The van der Waals surface area contributed by atoms with Crippen LogP contribution in [0.4, 0.5) is 13.2 Å². The molecular weight excluding hydrogens is 390 g/mol. The molecule has 0 aliphatic carbocycles. The van der Waals surface area contributed by atoms with E-state index in [1.54, 1.807) is 6.92 Å². The Morgan fingerprint density at radius 3 is 2.53 bits per heavy atom. The molecule has 0 saturated heterocycles. The number of nitrogens with zero attached hydrogens (tertiary/aromatic N) is 1. The number of halogens is 5. The molecule has 0 atom stereocenters. The summed E-state index contributed by atoms with van der Waals surface area (Å²) in [7, 11) is 0. The van der Waals surface area contributed by atoms with E-state index in [4.69, 9.17) is 0 Å². The lowest BCUT2D eigenvalue weighted by atomic mass is 10.2. The van der Waals surface area contributed by atoms with Crippen LogP contribution < -0.4 is 4.74 Å². The smallest absolute Gasteiger partial charge is 0.388 e. The normalized spacial score (nSPS) is 11.6. The predicted octanol–water partition coefficient (Wildman–Crippen LogP) is 3.79. The lowest BCUT2D eigenvalue weighted by molar-refractivity contribution is -0.276. The number of ether oxygens (including phenoxy) is 1. The van der Waals surface area contributed by atoms with E-state index in [2.05, 4.69) is 25.7 Å². The Morgan fingerprint density at radius 1 is 1.53 bits per heavy atom. The molecule has 1 aromatic heterocycles. The molecule has 0 aliphatic heterocycles. The summed E-state index contributed by atoms with van der Waals surface area (Å²) in [5.74, 6) is -0.422. The Labute approximate surface area is 106 Å². The van der Waals surface area contributed by atoms with Crippen molar-refractivity contribution in [3.8, 4) is 5.88 Å². The van der Waals surface area contributed by atoms with Crippen LogP contribution in [-0.4, -0.2) is 11.3 Å². The molecule has 0 radical (unpaired) electrons. The average molecular weight is 396 g/mol. The minimum absolute atomic E-state index is 0.422. The fraction of sp³-hybridized carbons (Fsp3) is 0.375. The minimum Gasteiger partial charge on any atom is -0.388 e. The number of alkyl halides is 4. The molecule has 0 unspecified atom stereocenters. The second-order valence-electron chi connectivity index (χ2n) is 2.69. The molecule has 0 N–H and O–H groups in total. The topological polar surface area (TPSA) is 22.1 Å². The van der Waals surface area contributed by atoms with Gasteiger partial charge in [-0.25, -0.2) is 4.98 Å². The van der Waals surface area contributed by atoms with E-state index < -0.39 is 12.2 Å². The molecule has 0 amide bonds. The first-order valence-electron chi connectivity index (χ1n) is 3.81. The van der Waals surface area contributed by atoms with E-state index in [0.29, 0.717) is 14.6 Å². The van der Waals surface area contributed by atoms with E-state index in [-0.39, 0.29) is 0 Å².